The number of nitrogens with zero attached hydrogens (tertiary/aromatic N) is 1. The minimum absolute atomic E-state index is 0.141. The highest BCUT2D eigenvalue weighted by molar-refractivity contribution is 6.22. The van der Waals surface area contributed by atoms with E-state index >= 15 is 0 Å². The van der Waals surface area contributed by atoms with E-state index in [0.29, 0.717) is 22.5 Å². The summed E-state index contributed by atoms with van der Waals surface area (Å²) in [4.78, 5) is 25.1. The average Bonchev–Trinajstić information content (AvgIpc) is 2.71. The molecule has 1 aliphatic heterocycles. The lowest BCUT2D eigenvalue weighted by Crippen LogP contribution is -2.22. The first kappa shape index (κ1) is 13.1. The number of rotatable bonds is 2. The Balaban J connectivity index is 2.07. The lowest BCUT2D eigenvalue weighted by molar-refractivity contribution is 0.0696. The zero-order valence-electron chi connectivity index (χ0n) is 11.5. The monoisotopic (exact) mass is 279 g/mol. The van der Waals surface area contributed by atoms with Crippen LogP contribution >= 0.6 is 0 Å². The minimum Gasteiger partial charge on any atom is -0.478 e. The largest absolute Gasteiger partial charge is 0.478 e. The second kappa shape index (κ2) is 4.59. The molecule has 104 valence electrons. The first-order valence-corrected chi connectivity index (χ1v) is 6.47. The van der Waals surface area contributed by atoms with E-state index in [1.165, 1.54) is 11.0 Å². The fraction of sp³-hybridized carbons (Fsp3) is 0.0588. The topological polar surface area (TPSA) is 57.6 Å². The first-order valence-electron chi connectivity index (χ1n) is 6.47. The minimum atomic E-state index is -0.978. The van der Waals surface area contributed by atoms with Crippen LogP contribution in [0.1, 0.15) is 31.8 Å². The maximum atomic E-state index is 12.5. The van der Waals surface area contributed by atoms with Gasteiger partial charge in [0.05, 0.1) is 11.3 Å². The Bertz CT molecular complexity index is 757. The molecule has 4 heteroatoms. The van der Waals surface area contributed by atoms with Gasteiger partial charge < -0.3 is 5.11 Å². The Kier molecular flexibility index (Phi) is 2.87. The highest BCUT2D eigenvalue weighted by Crippen LogP contribution is 2.36. The number of carboxylic acids is 1. The molecule has 2 aromatic rings. The van der Waals surface area contributed by atoms with Crippen molar-refractivity contribution in [3.8, 4) is 0 Å². The number of carbonyl (C=O) groups is 2. The highest BCUT2D eigenvalue weighted by atomic mass is 16.4. The fourth-order valence-corrected chi connectivity index (χ4v) is 2.58. The molecule has 0 unspecified atom stereocenters. The molecule has 0 radical (unpaired) electrons. The van der Waals surface area contributed by atoms with Gasteiger partial charge in [-0.3, -0.25) is 9.69 Å². The van der Waals surface area contributed by atoms with Gasteiger partial charge in [0.1, 0.15) is 0 Å². The van der Waals surface area contributed by atoms with Crippen LogP contribution in [0.5, 0.6) is 0 Å². The van der Waals surface area contributed by atoms with Crippen LogP contribution in [-0.4, -0.2) is 17.0 Å². The SMILES string of the molecule is C=C1c2ccccc2C(=O)N1c1ccc(C(=O)O)c(C)c1. The molecule has 1 amide bonds. The number of amides is 1. The molecule has 0 spiro atoms. The second-order valence-corrected chi connectivity index (χ2v) is 4.94. The molecular weight excluding hydrogens is 266 g/mol. The maximum Gasteiger partial charge on any atom is 0.335 e. The van der Waals surface area contributed by atoms with Gasteiger partial charge >= 0.3 is 5.97 Å². The number of anilines is 1. The lowest BCUT2D eigenvalue weighted by Gasteiger charge is -2.18. The van der Waals surface area contributed by atoms with Gasteiger partial charge in [0.25, 0.3) is 5.91 Å². The van der Waals surface area contributed by atoms with E-state index in [1.807, 2.05) is 18.2 Å². The number of carboxylic acid groups (broad SMARTS) is 1. The van der Waals surface area contributed by atoms with Crippen molar-refractivity contribution < 1.29 is 14.7 Å². The zero-order valence-corrected chi connectivity index (χ0v) is 11.5. The summed E-state index contributed by atoms with van der Waals surface area (Å²) in [7, 11) is 0. The maximum absolute atomic E-state index is 12.5. The molecule has 1 heterocycles. The molecule has 0 bridgehead atoms. The summed E-state index contributed by atoms with van der Waals surface area (Å²) in [6.07, 6.45) is 0. The van der Waals surface area contributed by atoms with E-state index in [-0.39, 0.29) is 11.5 Å². The van der Waals surface area contributed by atoms with E-state index in [1.54, 1.807) is 25.1 Å². The first-order chi connectivity index (χ1) is 10.0. The summed E-state index contributed by atoms with van der Waals surface area (Å²) in [5.74, 6) is -1.12. The van der Waals surface area contributed by atoms with Crippen molar-refractivity contribution in [2.45, 2.75) is 6.92 Å². The van der Waals surface area contributed by atoms with E-state index in [9.17, 15) is 9.59 Å². The van der Waals surface area contributed by atoms with E-state index in [2.05, 4.69) is 6.58 Å². The van der Waals surface area contributed by atoms with Crippen molar-refractivity contribution in [2.24, 2.45) is 0 Å². The standard InChI is InChI=1S/C17H13NO3/c1-10-9-12(7-8-13(10)17(20)21)18-11(2)14-5-3-4-6-15(14)16(18)19/h3-9H,2H2,1H3,(H,20,21). The van der Waals surface area contributed by atoms with Crippen molar-refractivity contribution in [3.63, 3.8) is 0 Å². The van der Waals surface area contributed by atoms with Crippen molar-refractivity contribution in [3.05, 3.63) is 71.3 Å². The quantitative estimate of drug-likeness (QED) is 0.917. The highest BCUT2D eigenvalue weighted by Gasteiger charge is 2.31. The van der Waals surface area contributed by atoms with Gasteiger partial charge in [0, 0.05) is 16.8 Å². The Morgan fingerprint density at radius 2 is 1.81 bits per heavy atom. The molecule has 0 aliphatic carbocycles. The summed E-state index contributed by atoms with van der Waals surface area (Å²) < 4.78 is 0. The summed E-state index contributed by atoms with van der Waals surface area (Å²) in [6.45, 7) is 5.69. The molecule has 3 rings (SSSR count). The van der Waals surface area contributed by atoms with Crippen LogP contribution in [0.15, 0.2) is 49.0 Å². The van der Waals surface area contributed by atoms with Crippen molar-refractivity contribution in [2.75, 3.05) is 4.90 Å². The molecule has 21 heavy (non-hydrogen) atoms. The lowest BCUT2D eigenvalue weighted by atomic mass is 10.1. The molecular formula is C17H13NO3. The summed E-state index contributed by atoms with van der Waals surface area (Å²) in [6, 6.07) is 12.1. The van der Waals surface area contributed by atoms with Crippen molar-refractivity contribution in [1.82, 2.24) is 0 Å². The predicted molar refractivity (Wildman–Crippen MR) is 80.4 cm³/mol. The van der Waals surface area contributed by atoms with Gasteiger partial charge in [-0.1, -0.05) is 24.8 Å². The van der Waals surface area contributed by atoms with Crippen LogP contribution < -0.4 is 4.90 Å². The normalized spacial score (nSPS) is 13.5. The van der Waals surface area contributed by atoms with Crippen molar-refractivity contribution >= 4 is 23.3 Å². The average molecular weight is 279 g/mol. The Labute approximate surface area is 121 Å². The van der Waals surface area contributed by atoms with Crippen LogP contribution in [-0.2, 0) is 0 Å². The van der Waals surface area contributed by atoms with Gasteiger partial charge in [-0.2, -0.15) is 0 Å². The molecule has 4 nitrogen and oxygen atoms in total. The summed E-state index contributed by atoms with van der Waals surface area (Å²) in [5, 5.41) is 9.07. The van der Waals surface area contributed by atoms with Crippen LogP contribution in [0.3, 0.4) is 0 Å². The smallest absolute Gasteiger partial charge is 0.335 e. The molecule has 0 saturated carbocycles. The van der Waals surface area contributed by atoms with Crippen LogP contribution in [0.4, 0.5) is 5.69 Å². The molecule has 2 aromatic carbocycles. The Morgan fingerprint density at radius 1 is 1.14 bits per heavy atom. The van der Waals surface area contributed by atoms with Crippen LogP contribution in [0, 0.1) is 6.92 Å². The Hall–Kier alpha value is -2.88. The number of hydrogen-bond donors (Lipinski definition) is 1. The molecule has 0 saturated heterocycles. The summed E-state index contributed by atoms with van der Waals surface area (Å²) >= 11 is 0. The number of hydrogen-bond acceptors (Lipinski definition) is 2. The number of aromatic carboxylic acids is 1. The van der Waals surface area contributed by atoms with E-state index < -0.39 is 5.97 Å². The second-order valence-electron chi connectivity index (χ2n) is 4.94. The van der Waals surface area contributed by atoms with Crippen LogP contribution in [0.25, 0.3) is 5.70 Å². The molecule has 0 aromatic heterocycles. The van der Waals surface area contributed by atoms with E-state index in [0.717, 1.165) is 5.56 Å². The molecule has 1 N–H and O–H groups in total. The third-order valence-corrected chi connectivity index (χ3v) is 3.64. The fourth-order valence-electron chi connectivity index (χ4n) is 2.58. The number of aryl methyl sites for hydroxylation is 1. The van der Waals surface area contributed by atoms with Crippen molar-refractivity contribution in [1.29, 1.82) is 0 Å². The molecule has 1 aliphatic rings. The zero-order chi connectivity index (χ0) is 15.1. The van der Waals surface area contributed by atoms with Gasteiger partial charge in [0.15, 0.2) is 0 Å². The van der Waals surface area contributed by atoms with Crippen LogP contribution in [0.2, 0.25) is 0 Å². The molecule has 0 atom stereocenters. The van der Waals surface area contributed by atoms with E-state index in [4.69, 9.17) is 5.11 Å². The van der Waals surface area contributed by atoms with Gasteiger partial charge in [-0.15, -0.1) is 0 Å². The van der Waals surface area contributed by atoms with Gasteiger partial charge in [0.2, 0.25) is 0 Å². The van der Waals surface area contributed by atoms with Gasteiger partial charge in [-0.25, -0.2) is 4.79 Å². The predicted octanol–water partition coefficient (Wildman–Crippen LogP) is 3.32. The Morgan fingerprint density at radius 3 is 2.38 bits per heavy atom. The third kappa shape index (κ3) is 1.92. The number of fused-ring (bicyclic) bond motifs is 1. The number of carbonyl (C=O) groups excluding carboxylic acids is 1. The van der Waals surface area contributed by atoms with Gasteiger partial charge in [-0.05, 0) is 36.8 Å². The molecule has 0 fully saturated rings. The summed E-state index contributed by atoms with van der Waals surface area (Å²) in [5.41, 5.74) is 3.50. The number of benzene rings is 2. The third-order valence-electron chi connectivity index (χ3n) is 3.64.